The number of nitrogens with zero attached hydrogens (tertiary/aromatic N) is 1. The molecule has 0 unspecified atom stereocenters. The fourth-order valence-corrected chi connectivity index (χ4v) is 3.42. The highest BCUT2D eigenvalue weighted by atomic mass is 19.4. The van der Waals surface area contributed by atoms with Crippen molar-refractivity contribution in [1.82, 2.24) is 20.9 Å². The zero-order valence-corrected chi connectivity index (χ0v) is 15.4. The topological polar surface area (TPSA) is 82.7 Å². The van der Waals surface area contributed by atoms with Crippen molar-refractivity contribution in [1.29, 1.82) is 0 Å². The SMILES string of the molecule is C[C@H](NC1NC(=O)N(C2CCOCC2)C(=O)N1)c1cccc(CC(F)(F)F)c1. The Morgan fingerprint density at radius 1 is 1.21 bits per heavy atom. The van der Waals surface area contributed by atoms with Crippen LogP contribution in [0, 0.1) is 0 Å². The van der Waals surface area contributed by atoms with Gasteiger partial charge in [0.05, 0.1) is 6.42 Å². The molecule has 0 spiro atoms. The molecule has 7 nitrogen and oxygen atoms in total. The summed E-state index contributed by atoms with van der Waals surface area (Å²) in [5, 5.41) is 8.35. The number of nitrogens with one attached hydrogen (secondary N) is 3. The molecule has 3 N–H and O–H groups in total. The molecule has 2 aliphatic heterocycles. The summed E-state index contributed by atoms with van der Waals surface area (Å²) in [6, 6.07) is 4.50. The van der Waals surface area contributed by atoms with Crippen molar-refractivity contribution in [3.63, 3.8) is 0 Å². The number of halogens is 3. The molecular formula is C18H23F3N4O3. The van der Waals surface area contributed by atoms with Crippen molar-refractivity contribution in [2.45, 2.75) is 50.7 Å². The lowest BCUT2D eigenvalue weighted by atomic mass is 10.0. The lowest BCUT2D eigenvalue weighted by Gasteiger charge is -2.39. The van der Waals surface area contributed by atoms with Gasteiger partial charge in [-0.1, -0.05) is 24.3 Å². The maximum Gasteiger partial charge on any atom is 0.393 e. The van der Waals surface area contributed by atoms with Crippen LogP contribution in [0.25, 0.3) is 0 Å². The molecule has 4 amide bonds. The number of imide groups is 1. The van der Waals surface area contributed by atoms with Crippen LogP contribution in [0.5, 0.6) is 0 Å². The number of benzene rings is 1. The quantitative estimate of drug-likeness (QED) is 0.710. The predicted octanol–water partition coefficient (Wildman–Crippen LogP) is 2.64. The Hall–Kier alpha value is -2.33. The van der Waals surface area contributed by atoms with Gasteiger partial charge in [-0.15, -0.1) is 0 Å². The first-order valence-electron chi connectivity index (χ1n) is 9.12. The van der Waals surface area contributed by atoms with E-state index in [-0.39, 0.29) is 11.6 Å². The first kappa shape index (κ1) is 20.4. The zero-order valence-electron chi connectivity index (χ0n) is 15.4. The summed E-state index contributed by atoms with van der Waals surface area (Å²) >= 11 is 0. The van der Waals surface area contributed by atoms with Crippen LogP contribution in [0.3, 0.4) is 0 Å². The summed E-state index contributed by atoms with van der Waals surface area (Å²) in [7, 11) is 0. The molecule has 0 aliphatic carbocycles. The second-order valence-corrected chi connectivity index (χ2v) is 6.97. The van der Waals surface area contributed by atoms with Crippen LogP contribution in [-0.4, -0.2) is 48.7 Å². The van der Waals surface area contributed by atoms with Gasteiger partial charge in [0.15, 0.2) is 6.29 Å². The number of rotatable bonds is 5. The Morgan fingerprint density at radius 3 is 2.46 bits per heavy atom. The van der Waals surface area contributed by atoms with E-state index in [1.54, 1.807) is 19.1 Å². The van der Waals surface area contributed by atoms with Gasteiger partial charge in [0.1, 0.15) is 0 Å². The van der Waals surface area contributed by atoms with Crippen molar-refractivity contribution in [3.8, 4) is 0 Å². The normalized spacial score (nSPS) is 20.6. The van der Waals surface area contributed by atoms with E-state index in [9.17, 15) is 22.8 Å². The van der Waals surface area contributed by atoms with E-state index >= 15 is 0 Å². The Kier molecular flexibility index (Phi) is 6.09. The molecule has 2 aliphatic rings. The van der Waals surface area contributed by atoms with Crippen molar-refractivity contribution in [3.05, 3.63) is 35.4 Å². The summed E-state index contributed by atoms with van der Waals surface area (Å²) in [4.78, 5) is 25.9. The monoisotopic (exact) mass is 400 g/mol. The molecule has 28 heavy (non-hydrogen) atoms. The van der Waals surface area contributed by atoms with E-state index < -0.39 is 37.0 Å². The van der Waals surface area contributed by atoms with Crippen molar-refractivity contribution >= 4 is 12.1 Å². The molecule has 154 valence electrons. The molecule has 0 radical (unpaired) electrons. The Bertz CT molecular complexity index is 704. The molecular weight excluding hydrogens is 377 g/mol. The van der Waals surface area contributed by atoms with Crippen LogP contribution in [0.2, 0.25) is 0 Å². The maximum absolute atomic E-state index is 12.6. The molecule has 0 bridgehead atoms. The molecule has 2 fully saturated rings. The van der Waals surface area contributed by atoms with Gasteiger partial charge in [-0.25, -0.2) is 14.5 Å². The molecule has 10 heteroatoms. The Morgan fingerprint density at radius 2 is 1.86 bits per heavy atom. The number of hydrogen-bond acceptors (Lipinski definition) is 4. The fraction of sp³-hybridized carbons (Fsp3) is 0.556. The number of urea groups is 2. The molecule has 0 aromatic heterocycles. The molecule has 3 rings (SSSR count). The number of hydrogen-bond donors (Lipinski definition) is 3. The molecule has 1 atom stereocenters. The molecule has 2 saturated heterocycles. The summed E-state index contributed by atoms with van der Waals surface area (Å²) in [6.07, 6.45) is -4.95. The highest BCUT2D eigenvalue weighted by Crippen LogP contribution is 2.23. The number of carbonyl (C=O) groups is 2. The van der Waals surface area contributed by atoms with Crippen molar-refractivity contribution < 1.29 is 27.5 Å². The highest BCUT2D eigenvalue weighted by molar-refractivity contribution is 5.96. The van der Waals surface area contributed by atoms with E-state index in [2.05, 4.69) is 16.0 Å². The van der Waals surface area contributed by atoms with Gasteiger partial charge in [0.2, 0.25) is 0 Å². The van der Waals surface area contributed by atoms with Crippen LogP contribution < -0.4 is 16.0 Å². The average molecular weight is 400 g/mol. The van der Waals surface area contributed by atoms with Gasteiger partial charge >= 0.3 is 18.2 Å². The van der Waals surface area contributed by atoms with E-state index in [1.165, 1.54) is 12.1 Å². The third-order valence-corrected chi connectivity index (χ3v) is 4.80. The third kappa shape index (κ3) is 5.14. The van der Waals surface area contributed by atoms with Gasteiger partial charge in [-0.2, -0.15) is 13.2 Å². The smallest absolute Gasteiger partial charge is 0.381 e. The van der Waals surface area contributed by atoms with Gasteiger partial charge in [-0.3, -0.25) is 5.32 Å². The van der Waals surface area contributed by atoms with E-state index in [0.29, 0.717) is 31.6 Å². The maximum atomic E-state index is 12.6. The molecule has 2 heterocycles. The molecule has 1 aromatic carbocycles. The Balaban J connectivity index is 1.61. The van der Waals surface area contributed by atoms with Crippen LogP contribution >= 0.6 is 0 Å². The van der Waals surface area contributed by atoms with Gasteiger partial charge in [-0.05, 0) is 30.9 Å². The lowest BCUT2D eigenvalue weighted by molar-refractivity contribution is -0.127. The van der Waals surface area contributed by atoms with Gasteiger partial charge in [0, 0.05) is 25.3 Å². The summed E-state index contributed by atoms with van der Waals surface area (Å²) < 4.78 is 43.1. The second kappa shape index (κ2) is 8.36. The average Bonchev–Trinajstić information content (AvgIpc) is 2.61. The minimum Gasteiger partial charge on any atom is -0.381 e. The third-order valence-electron chi connectivity index (χ3n) is 4.80. The zero-order chi connectivity index (χ0) is 20.3. The highest BCUT2D eigenvalue weighted by Gasteiger charge is 2.37. The second-order valence-electron chi connectivity index (χ2n) is 6.97. The minimum atomic E-state index is -4.28. The number of alkyl halides is 3. The van der Waals surface area contributed by atoms with Crippen LogP contribution in [0.15, 0.2) is 24.3 Å². The summed E-state index contributed by atoms with van der Waals surface area (Å²) in [5.74, 6) is 0. The van der Waals surface area contributed by atoms with Crippen LogP contribution in [-0.2, 0) is 11.2 Å². The van der Waals surface area contributed by atoms with E-state index in [0.717, 1.165) is 4.90 Å². The van der Waals surface area contributed by atoms with Gasteiger partial charge < -0.3 is 15.4 Å². The summed E-state index contributed by atoms with van der Waals surface area (Å²) in [6.45, 7) is 2.74. The van der Waals surface area contributed by atoms with Crippen LogP contribution in [0.4, 0.5) is 22.8 Å². The molecule has 0 saturated carbocycles. The minimum absolute atomic E-state index is 0.154. The van der Waals surface area contributed by atoms with Gasteiger partial charge in [0.25, 0.3) is 0 Å². The molecule has 1 aromatic rings. The largest absolute Gasteiger partial charge is 0.393 e. The van der Waals surface area contributed by atoms with Crippen molar-refractivity contribution in [2.24, 2.45) is 0 Å². The van der Waals surface area contributed by atoms with Crippen molar-refractivity contribution in [2.75, 3.05) is 13.2 Å². The van der Waals surface area contributed by atoms with E-state index in [1.807, 2.05) is 0 Å². The summed E-state index contributed by atoms with van der Waals surface area (Å²) in [5.41, 5.74) is 0.776. The lowest BCUT2D eigenvalue weighted by Crippen LogP contribution is -2.70. The van der Waals surface area contributed by atoms with Crippen LogP contribution in [0.1, 0.15) is 36.9 Å². The fourth-order valence-electron chi connectivity index (χ4n) is 3.42. The number of carbonyl (C=O) groups excluding carboxylic acids is 2. The number of amides is 4. The predicted molar refractivity (Wildman–Crippen MR) is 94.3 cm³/mol. The number of ether oxygens (including phenoxy) is 1. The Labute approximate surface area is 160 Å². The van der Waals surface area contributed by atoms with E-state index in [4.69, 9.17) is 4.74 Å². The standard InChI is InChI=1S/C18H23F3N4O3/c1-11(13-4-2-3-12(9-13)10-18(19,20)21)22-15-23-16(26)25(17(27)24-15)14-5-7-28-8-6-14/h2-4,9,11,14-15,22H,5-8,10H2,1H3,(H,23,26)(H,24,27)/t11-/m0/s1. The first-order valence-corrected chi connectivity index (χ1v) is 9.12. The first-order chi connectivity index (χ1) is 13.2.